The third kappa shape index (κ3) is 2.78. The van der Waals surface area contributed by atoms with Gasteiger partial charge in [-0.2, -0.15) is 5.10 Å². The molecule has 0 amide bonds. The van der Waals surface area contributed by atoms with E-state index in [0.717, 1.165) is 54.7 Å². The fourth-order valence-corrected chi connectivity index (χ4v) is 3.20. The van der Waals surface area contributed by atoms with Crippen molar-refractivity contribution >= 4 is 17.3 Å². The number of nitrogen functional groups attached to an aromatic ring is 1. The normalized spacial score (nSPS) is 15.2. The molecule has 21 heavy (non-hydrogen) atoms. The van der Waals surface area contributed by atoms with Gasteiger partial charge < -0.3 is 5.73 Å². The number of hydrogen-bond acceptors (Lipinski definition) is 3. The van der Waals surface area contributed by atoms with Crippen molar-refractivity contribution in [2.24, 2.45) is 0 Å². The van der Waals surface area contributed by atoms with Crippen molar-refractivity contribution < 1.29 is 0 Å². The summed E-state index contributed by atoms with van der Waals surface area (Å²) < 4.78 is 2.01. The zero-order chi connectivity index (χ0) is 15.0. The van der Waals surface area contributed by atoms with E-state index in [-0.39, 0.29) is 0 Å². The Morgan fingerprint density at radius 1 is 1.33 bits per heavy atom. The van der Waals surface area contributed by atoms with Crippen molar-refractivity contribution in [3.05, 3.63) is 45.7 Å². The van der Waals surface area contributed by atoms with Crippen LogP contribution < -0.4 is 5.73 Å². The Labute approximate surface area is 130 Å². The molecule has 0 aliphatic carbocycles. The van der Waals surface area contributed by atoms with Crippen LogP contribution in [0.3, 0.4) is 0 Å². The van der Waals surface area contributed by atoms with Gasteiger partial charge >= 0.3 is 0 Å². The van der Waals surface area contributed by atoms with E-state index in [1.807, 2.05) is 17.7 Å². The van der Waals surface area contributed by atoms with E-state index >= 15 is 0 Å². The van der Waals surface area contributed by atoms with Gasteiger partial charge in [0.25, 0.3) is 0 Å². The average Bonchev–Trinajstić information content (AvgIpc) is 2.74. The number of benzene rings is 1. The first-order valence-corrected chi connectivity index (χ1v) is 7.77. The topological polar surface area (TPSA) is 47.1 Å². The Bertz CT molecular complexity index is 663. The molecular weight excluding hydrogens is 284 g/mol. The summed E-state index contributed by atoms with van der Waals surface area (Å²) in [5.41, 5.74) is 11.5. The SMILES string of the molecule is CCn1nc(C)c(Cl)c1CN1CCc2ccc(N)cc2C1. The second-order valence-corrected chi connectivity index (χ2v) is 6.03. The minimum absolute atomic E-state index is 0.801. The summed E-state index contributed by atoms with van der Waals surface area (Å²) in [5, 5.41) is 5.29. The molecule has 0 saturated heterocycles. The quantitative estimate of drug-likeness (QED) is 0.887. The predicted octanol–water partition coefficient (Wildman–Crippen LogP) is 3.01. The molecule has 4 nitrogen and oxygen atoms in total. The summed E-state index contributed by atoms with van der Waals surface area (Å²) in [4.78, 5) is 2.41. The Kier molecular flexibility index (Phi) is 3.91. The van der Waals surface area contributed by atoms with Crippen LogP contribution in [0.2, 0.25) is 5.02 Å². The lowest BCUT2D eigenvalue weighted by molar-refractivity contribution is 0.238. The molecule has 2 heterocycles. The largest absolute Gasteiger partial charge is 0.399 e. The van der Waals surface area contributed by atoms with Gasteiger partial charge in [-0.1, -0.05) is 17.7 Å². The van der Waals surface area contributed by atoms with E-state index in [1.165, 1.54) is 11.1 Å². The molecular formula is C16H21ClN4. The van der Waals surface area contributed by atoms with E-state index in [2.05, 4.69) is 29.1 Å². The van der Waals surface area contributed by atoms with Crippen molar-refractivity contribution in [1.29, 1.82) is 0 Å². The number of nitrogens with zero attached hydrogens (tertiary/aromatic N) is 3. The number of hydrogen-bond donors (Lipinski definition) is 1. The summed E-state index contributed by atoms with van der Waals surface area (Å²) >= 11 is 6.41. The number of anilines is 1. The van der Waals surface area contributed by atoms with E-state index in [9.17, 15) is 0 Å². The number of aromatic nitrogens is 2. The molecule has 2 N–H and O–H groups in total. The Morgan fingerprint density at radius 3 is 2.90 bits per heavy atom. The zero-order valence-electron chi connectivity index (χ0n) is 12.6. The molecule has 0 saturated carbocycles. The van der Waals surface area contributed by atoms with Crippen LogP contribution >= 0.6 is 11.6 Å². The zero-order valence-corrected chi connectivity index (χ0v) is 13.3. The van der Waals surface area contributed by atoms with Gasteiger partial charge in [0, 0.05) is 31.9 Å². The molecule has 112 valence electrons. The molecule has 0 fully saturated rings. The molecule has 5 heteroatoms. The fourth-order valence-electron chi connectivity index (χ4n) is 3.00. The summed E-state index contributed by atoms with van der Waals surface area (Å²) in [6.45, 7) is 7.70. The third-order valence-corrected chi connectivity index (χ3v) is 4.64. The predicted molar refractivity (Wildman–Crippen MR) is 86.3 cm³/mol. The van der Waals surface area contributed by atoms with E-state index in [0.29, 0.717) is 0 Å². The highest BCUT2D eigenvalue weighted by atomic mass is 35.5. The van der Waals surface area contributed by atoms with E-state index in [1.54, 1.807) is 0 Å². The van der Waals surface area contributed by atoms with Gasteiger partial charge in [-0.25, -0.2) is 0 Å². The molecule has 0 radical (unpaired) electrons. The van der Waals surface area contributed by atoms with Crippen LogP contribution in [0.4, 0.5) is 5.69 Å². The third-order valence-electron chi connectivity index (χ3n) is 4.15. The van der Waals surface area contributed by atoms with Crippen molar-refractivity contribution in [2.45, 2.75) is 39.9 Å². The minimum Gasteiger partial charge on any atom is -0.399 e. The highest BCUT2D eigenvalue weighted by molar-refractivity contribution is 6.31. The first-order chi connectivity index (χ1) is 10.1. The molecule has 3 rings (SSSR count). The van der Waals surface area contributed by atoms with Crippen LogP contribution in [0.15, 0.2) is 18.2 Å². The summed E-state index contributed by atoms with van der Waals surface area (Å²) in [6, 6.07) is 6.22. The molecule has 1 aliphatic rings. The van der Waals surface area contributed by atoms with Crippen molar-refractivity contribution in [2.75, 3.05) is 12.3 Å². The molecule has 2 aromatic rings. The Hall–Kier alpha value is -1.52. The highest BCUT2D eigenvalue weighted by Crippen LogP contribution is 2.26. The van der Waals surface area contributed by atoms with Gasteiger partial charge in [0.15, 0.2) is 0 Å². The standard InChI is InChI=1S/C16H21ClN4/c1-3-21-15(16(17)11(2)19-21)10-20-7-6-12-4-5-14(18)8-13(12)9-20/h4-5,8H,3,6-7,9-10,18H2,1-2H3. The van der Waals surface area contributed by atoms with Crippen LogP contribution in [0, 0.1) is 6.92 Å². The summed E-state index contributed by atoms with van der Waals surface area (Å²) in [6.07, 6.45) is 1.06. The number of nitrogens with two attached hydrogens (primary N) is 1. The van der Waals surface area contributed by atoms with Gasteiger partial charge in [-0.15, -0.1) is 0 Å². The molecule has 0 atom stereocenters. The maximum absolute atomic E-state index is 6.41. The number of aryl methyl sites for hydroxylation is 2. The smallest absolute Gasteiger partial charge is 0.0860 e. The number of rotatable bonds is 3. The molecule has 1 aromatic carbocycles. The van der Waals surface area contributed by atoms with Gasteiger partial charge in [0.05, 0.1) is 16.4 Å². The monoisotopic (exact) mass is 304 g/mol. The lowest BCUT2D eigenvalue weighted by Crippen LogP contribution is -2.31. The lowest BCUT2D eigenvalue weighted by atomic mass is 9.99. The first kappa shape index (κ1) is 14.4. The summed E-state index contributed by atoms with van der Waals surface area (Å²) in [7, 11) is 0. The highest BCUT2D eigenvalue weighted by Gasteiger charge is 2.20. The van der Waals surface area contributed by atoms with Crippen LogP contribution in [-0.2, 0) is 26.1 Å². The Balaban J connectivity index is 1.81. The minimum atomic E-state index is 0.801. The van der Waals surface area contributed by atoms with E-state index in [4.69, 9.17) is 17.3 Å². The fraction of sp³-hybridized carbons (Fsp3) is 0.438. The van der Waals surface area contributed by atoms with Crippen LogP contribution in [0.25, 0.3) is 0 Å². The molecule has 1 aromatic heterocycles. The van der Waals surface area contributed by atoms with Crippen LogP contribution in [0.1, 0.15) is 29.4 Å². The second kappa shape index (κ2) is 5.70. The van der Waals surface area contributed by atoms with Crippen molar-refractivity contribution in [3.8, 4) is 0 Å². The van der Waals surface area contributed by atoms with Crippen LogP contribution in [0.5, 0.6) is 0 Å². The molecule has 1 aliphatic heterocycles. The maximum Gasteiger partial charge on any atom is 0.0860 e. The number of halogens is 1. The Morgan fingerprint density at radius 2 is 2.14 bits per heavy atom. The lowest BCUT2D eigenvalue weighted by Gasteiger charge is -2.29. The van der Waals surface area contributed by atoms with Crippen LogP contribution in [-0.4, -0.2) is 21.2 Å². The van der Waals surface area contributed by atoms with Gasteiger partial charge in [0.2, 0.25) is 0 Å². The van der Waals surface area contributed by atoms with Gasteiger partial charge in [0.1, 0.15) is 0 Å². The number of fused-ring (bicyclic) bond motifs is 1. The van der Waals surface area contributed by atoms with Gasteiger partial charge in [-0.3, -0.25) is 9.58 Å². The second-order valence-electron chi connectivity index (χ2n) is 5.65. The first-order valence-electron chi connectivity index (χ1n) is 7.40. The molecule has 0 unspecified atom stereocenters. The van der Waals surface area contributed by atoms with E-state index < -0.39 is 0 Å². The molecule has 0 spiro atoms. The van der Waals surface area contributed by atoms with Crippen molar-refractivity contribution in [1.82, 2.24) is 14.7 Å². The maximum atomic E-state index is 6.41. The average molecular weight is 305 g/mol. The summed E-state index contributed by atoms with van der Waals surface area (Å²) in [5.74, 6) is 0. The van der Waals surface area contributed by atoms with Crippen molar-refractivity contribution in [3.63, 3.8) is 0 Å². The molecule has 0 bridgehead atoms. The van der Waals surface area contributed by atoms with Gasteiger partial charge in [-0.05, 0) is 43.5 Å².